The number of hydrogen-bond donors (Lipinski definition) is 0. The van der Waals surface area contributed by atoms with E-state index in [1.54, 1.807) is 0 Å². The van der Waals surface area contributed by atoms with Gasteiger partial charge in [-0.3, -0.25) is 0 Å². The Morgan fingerprint density at radius 1 is 0.833 bits per heavy atom. The van der Waals surface area contributed by atoms with Crippen molar-refractivity contribution in [1.82, 2.24) is 0 Å². The molecule has 0 saturated carbocycles. The lowest BCUT2D eigenvalue weighted by molar-refractivity contribution is 0.430. The van der Waals surface area contributed by atoms with E-state index in [1.807, 2.05) is 0 Å². The lowest BCUT2D eigenvalue weighted by Crippen LogP contribution is -2.54. The molecule has 3 heteroatoms. The van der Waals surface area contributed by atoms with E-state index < -0.39 is 0 Å². The minimum atomic E-state index is -0.0528. The molecule has 1 atom stereocenters. The van der Waals surface area contributed by atoms with Gasteiger partial charge in [-0.25, -0.2) is 0 Å². The smallest absolute Gasteiger partial charge is 0.114 e. The Hall–Kier alpha value is -2.91. The zero-order chi connectivity index (χ0) is 25.1. The molecule has 6 rings (SSSR count). The second kappa shape index (κ2) is 8.31. The maximum Gasteiger partial charge on any atom is 0.114 e. The molecule has 36 heavy (non-hydrogen) atoms. The van der Waals surface area contributed by atoms with Crippen LogP contribution in [0.15, 0.2) is 96.7 Å². The minimum absolute atomic E-state index is 0.0367. The van der Waals surface area contributed by atoms with Crippen molar-refractivity contribution < 1.29 is 0 Å². The maximum atomic E-state index is 2.65. The SMILES string of the molecule is CN1/C(=C/C=C/C=C/C23SCCCN2c2ccccc2C3(C)C)C(C)(C)c2c1ccc1ccccc21. The molecule has 0 radical (unpaired) electrons. The average Bonchev–Trinajstić information content (AvgIpc) is 3.21. The molecular formula is C33H36N2S. The molecule has 3 aliphatic heterocycles. The summed E-state index contributed by atoms with van der Waals surface area (Å²) >= 11 is 2.10. The van der Waals surface area contributed by atoms with E-state index in [9.17, 15) is 0 Å². The highest BCUT2D eigenvalue weighted by Gasteiger charge is 2.56. The van der Waals surface area contributed by atoms with Crippen molar-refractivity contribution in [2.75, 3.05) is 29.1 Å². The summed E-state index contributed by atoms with van der Waals surface area (Å²) in [6, 6.07) is 22.3. The topological polar surface area (TPSA) is 6.48 Å². The van der Waals surface area contributed by atoms with Crippen molar-refractivity contribution in [3.05, 3.63) is 108 Å². The number of nitrogens with zero attached hydrogens (tertiary/aromatic N) is 2. The van der Waals surface area contributed by atoms with Gasteiger partial charge in [-0.1, -0.05) is 94.5 Å². The molecule has 1 saturated heterocycles. The molecule has 0 N–H and O–H groups in total. The summed E-state index contributed by atoms with van der Waals surface area (Å²) in [4.78, 5) is 4.98. The number of para-hydroxylation sites is 1. The second-order valence-corrected chi connectivity index (χ2v) is 12.7. The lowest BCUT2D eigenvalue weighted by atomic mass is 9.79. The Balaban J connectivity index is 1.31. The Kier molecular flexibility index (Phi) is 5.42. The summed E-state index contributed by atoms with van der Waals surface area (Å²) in [5.41, 5.74) is 6.94. The highest BCUT2D eigenvalue weighted by Crippen LogP contribution is 2.59. The number of anilines is 2. The fourth-order valence-electron chi connectivity index (χ4n) is 6.88. The van der Waals surface area contributed by atoms with E-state index in [1.165, 1.54) is 51.1 Å². The predicted octanol–water partition coefficient (Wildman–Crippen LogP) is 8.19. The van der Waals surface area contributed by atoms with Crippen molar-refractivity contribution >= 4 is 33.9 Å². The van der Waals surface area contributed by atoms with Crippen LogP contribution >= 0.6 is 11.8 Å². The van der Waals surface area contributed by atoms with Gasteiger partial charge in [0, 0.05) is 41.5 Å². The molecule has 0 aliphatic carbocycles. The summed E-state index contributed by atoms with van der Waals surface area (Å²) in [6.07, 6.45) is 12.7. The molecule has 3 heterocycles. The Morgan fingerprint density at radius 3 is 2.47 bits per heavy atom. The number of rotatable bonds is 3. The fourth-order valence-corrected chi connectivity index (χ4v) is 8.45. The summed E-state index contributed by atoms with van der Waals surface area (Å²) < 4.78 is 0. The van der Waals surface area contributed by atoms with Gasteiger partial charge in [0.15, 0.2) is 0 Å². The van der Waals surface area contributed by atoms with Crippen molar-refractivity contribution in [3.8, 4) is 0 Å². The van der Waals surface area contributed by atoms with E-state index in [0.717, 1.165) is 6.54 Å². The molecular weight excluding hydrogens is 456 g/mol. The van der Waals surface area contributed by atoms with Gasteiger partial charge < -0.3 is 9.80 Å². The van der Waals surface area contributed by atoms with E-state index in [-0.39, 0.29) is 15.7 Å². The van der Waals surface area contributed by atoms with E-state index in [2.05, 4.69) is 147 Å². The molecule has 0 aromatic heterocycles. The van der Waals surface area contributed by atoms with Crippen LogP contribution in [0.25, 0.3) is 10.8 Å². The molecule has 3 aromatic carbocycles. The molecule has 184 valence electrons. The van der Waals surface area contributed by atoms with Gasteiger partial charge in [-0.05, 0) is 58.4 Å². The number of allylic oxidation sites excluding steroid dienone is 5. The van der Waals surface area contributed by atoms with Crippen LogP contribution in [0.2, 0.25) is 0 Å². The van der Waals surface area contributed by atoms with Gasteiger partial charge in [0.1, 0.15) is 4.87 Å². The minimum Gasteiger partial charge on any atom is -0.352 e. The molecule has 0 amide bonds. The third-order valence-corrected chi connectivity index (χ3v) is 10.5. The first kappa shape index (κ1) is 23.5. The summed E-state index contributed by atoms with van der Waals surface area (Å²) in [6.45, 7) is 10.7. The molecule has 2 nitrogen and oxygen atoms in total. The summed E-state index contributed by atoms with van der Waals surface area (Å²) in [7, 11) is 2.20. The first-order valence-electron chi connectivity index (χ1n) is 13.1. The zero-order valence-electron chi connectivity index (χ0n) is 22.1. The molecule has 0 bridgehead atoms. The largest absolute Gasteiger partial charge is 0.352 e. The van der Waals surface area contributed by atoms with Gasteiger partial charge >= 0.3 is 0 Å². The number of benzene rings is 3. The number of hydrogen-bond acceptors (Lipinski definition) is 3. The van der Waals surface area contributed by atoms with Crippen LogP contribution in [-0.4, -0.2) is 24.2 Å². The average molecular weight is 493 g/mol. The van der Waals surface area contributed by atoms with Crippen LogP contribution in [0.3, 0.4) is 0 Å². The number of likely N-dealkylation sites (N-methyl/N-ethyl adjacent to an activating group) is 1. The second-order valence-electron chi connectivity index (χ2n) is 11.4. The van der Waals surface area contributed by atoms with Crippen LogP contribution in [0, 0.1) is 0 Å². The predicted molar refractivity (Wildman–Crippen MR) is 158 cm³/mol. The maximum absolute atomic E-state index is 2.65. The third kappa shape index (κ3) is 3.18. The third-order valence-electron chi connectivity index (χ3n) is 8.71. The van der Waals surface area contributed by atoms with Crippen molar-refractivity contribution in [2.45, 2.75) is 49.8 Å². The van der Waals surface area contributed by atoms with Crippen LogP contribution in [-0.2, 0) is 10.8 Å². The van der Waals surface area contributed by atoms with Gasteiger partial charge in [0.05, 0.1) is 0 Å². The fraction of sp³-hybridized carbons (Fsp3) is 0.333. The first-order chi connectivity index (χ1) is 17.3. The van der Waals surface area contributed by atoms with Gasteiger partial charge in [-0.2, -0.15) is 0 Å². The lowest BCUT2D eigenvalue weighted by Gasteiger charge is -2.48. The quantitative estimate of drug-likeness (QED) is 0.340. The number of fused-ring (bicyclic) bond motifs is 6. The molecule has 3 aliphatic rings. The number of thioether (sulfide) groups is 1. The molecule has 3 aromatic rings. The van der Waals surface area contributed by atoms with Crippen LogP contribution in [0.5, 0.6) is 0 Å². The van der Waals surface area contributed by atoms with Crippen LogP contribution in [0.4, 0.5) is 11.4 Å². The van der Waals surface area contributed by atoms with Crippen molar-refractivity contribution in [1.29, 1.82) is 0 Å². The Bertz CT molecular complexity index is 1430. The summed E-state index contributed by atoms with van der Waals surface area (Å²) in [5, 5.41) is 2.67. The van der Waals surface area contributed by atoms with E-state index >= 15 is 0 Å². The highest BCUT2D eigenvalue weighted by atomic mass is 32.2. The van der Waals surface area contributed by atoms with Crippen LogP contribution < -0.4 is 9.80 Å². The first-order valence-corrected chi connectivity index (χ1v) is 14.1. The molecule has 0 spiro atoms. The molecule has 1 unspecified atom stereocenters. The van der Waals surface area contributed by atoms with E-state index in [0.29, 0.717) is 0 Å². The van der Waals surface area contributed by atoms with Gasteiger partial charge in [0.2, 0.25) is 0 Å². The van der Waals surface area contributed by atoms with Crippen molar-refractivity contribution in [3.63, 3.8) is 0 Å². The Labute approximate surface area is 220 Å². The van der Waals surface area contributed by atoms with Crippen molar-refractivity contribution in [2.24, 2.45) is 0 Å². The van der Waals surface area contributed by atoms with Crippen LogP contribution in [0.1, 0.15) is 45.2 Å². The molecule has 1 fully saturated rings. The van der Waals surface area contributed by atoms with Gasteiger partial charge in [0.25, 0.3) is 0 Å². The van der Waals surface area contributed by atoms with Gasteiger partial charge in [-0.15, -0.1) is 11.8 Å². The summed E-state index contributed by atoms with van der Waals surface area (Å²) in [5.74, 6) is 1.21. The van der Waals surface area contributed by atoms with E-state index in [4.69, 9.17) is 0 Å². The standard InChI is InChI=1S/C33H36N2S/c1-31(2)29(34(5)28-20-19-24-14-8-9-15-25(24)30(28)31)18-7-6-12-21-33-32(3,4)26-16-10-11-17-27(26)35(33)22-13-23-36-33/h6-12,14-21H,13,22-23H2,1-5H3/b7-6+,21-12+,29-18+. The zero-order valence-corrected chi connectivity index (χ0v) is 22.9. The monoisotopic (exact) mass is 492 g/mol. The highest BCUT2D eigenvalue weighted by molar-refractivity contribution is 8.01. The normalized spacial score (nSPS) is 25.2. The Morgan fingerprint density at radius 2 is 1.61 bits per heavy atom.